The highest BCUT2D eigenvalue weighted by Crippen LogP contribution is 2.27. The Bertz CT molecular complexity index is 807. The van der Waals surface area contributed by atoms with E-state index in [0.717, 1.165) is 5.56 Å². The molecule has 0 fully saturated rings. The summed E-state index contributed by atoms with van der Waals surface area (Å²) in [4.78, 5) is 15.5. The molecular formula is C16H19N3O4S. The number of pyridine rings is 1. The van der Waals surface area contributed by atoms with Crippen molar-refractivity contribution in [3.8, 4) is 5.75 Å². The number of sulfonamides is 1. The highest BCUT2D eigenvalue weighted by atomic mass is 32.2. The van der Waals surface area contributed by atoms with E-state index in [1.807, 2.05) is 0 Å². The second-order valence-corrected chi connectivity index (χ2v) is 6.71. The van der Waals surface area contributed by atoms with E-state index >= 15 is 0 Å². The Hall–Kier alpha value is -2.45. The highest BCUT2D eigenvalue weighted by molar-refractivity contribution is 7.89. The van der Waals surface area contributed by atoms with Gasteiger partial charge in [0, 0.05) is 25.4 Å². The Morgan fingerprint density at radius 3 is 2.54 bits per heavy atom. The van der Waals surface area contributed by atoms with Crippen molar-refractivity contribution in [2.75, 3.05) is 12.4 Å². The van der Waals surface area contributed by atoms with Gasteiger partial charge in [0.05, 0.1) is 17.7 Å². The number of amides is 1. The van der Waals surface area contributed by atoms with Crippen LogP contribution in [0.1, 0.15) is 18.9 Å². The molecule has 0 radical (unpaired) electrons. The predicted molar refractivity (Wildman–Crippen MR) is 90.2 cm³/mol. The molecule has 0 aliphatic carbocycles. The Morgan fingerprint density at radius 2 is 1.92 bits per heavy atom. The molecule has 2 N–H and O–H groups in total. The number of carbonyl (C=O) groups excluding carboxylic acids is 1. The SMILES string of the molecule is CCC(=O)Nc1cc(S(=O)(=O)NCc2ccncc2)ccc1OC. The van der Waals surface area contributed by atoms with Crippen molar-refractivity contribution in [2.24, 2.45) is 0 Å². The molecule has 0 aliphatic heterocycles. The van der Waals surface area contributed by atoms with Gasteiger partial charge in [0.1, 0.15) is 5.75 Å². The summed E-state index contributed by atoms with van der Waals surface area (Å²) in [5.41, 5.74) is 1.11. The normalized spacial score (nSPS) is 11.1. The Kier molecular flexibility index (Phi) is 5.88. The smallest absolute Gasteiger partial charge is 0.240 e. The van der Waals surface area contributed by atoms with E-state index in [1.165, 1.54) is 25.3 Å². The molecule has 0 atom stereocenters. The second kappa shape index (κ2) is 7.89. The maximum absolute atomic E-state index is 12.4. The molecule has 7 nitrogen and oxygen atoms in total. The van der Waals surface area contributed by atoms with Crippen LogP contribution in [-0.4, -0.2) is 26.4 Å². The minimum absolute atomic E-state index is 0.0451. The third-order valence-electron chi connectivity index (χ3n) is 3.29. The molecule has 0 saturated carbocycles. The predicted octanol–water partition coefficient (Wildman–Crippen LogP) is 1.92. The minimum atomic E-state index is -3.73. The van der Waals surface area contributed by atoms with Gasteiger partial charge in [-0.3, -0.25) is 9.78 Å². The van der Waals surface area contributed by atoms with Crippen LogP contribution in [-0.2, 0) is 21.4 Å². The second-order valence-electron chi connectivity index (χ2n) is 4.94. The third-order valence-corrected chi connectivity index (χ3v) is 4.69. The Morgan fingerprint density at radius 1 is 1.21 bits per heavy atom. The van der Waals surface area contributed by atoms with Gasteiger partial charge in [-0.25, -0.2) is 13.1 Å². The Balaban J connectivity index is 2.23. The summed E-state index contributed by atoms with van der Waals surface area (Å²) in [5.74, 6) is 0.164. The third kappa shape index (κ3) is 4.53. The topological polar surface area (TPSA) is 97.4 Å². The maximum atomic E-state index is 12.4. The van der Waals surface area contributed by atoms with Crippen LogP contribution >= 0.6 is 0 Å². The van der Waals surface area contributed by atoms with E-state index in [1.54, 1.807) is 31.5 Å². The van der Waals surface area contributed by atoms with Crippen molar-refractivity contribution < 1.29 is 17.9 Å². The van der Waals surface area contributed by atoms with Crippen LogP contribution < -0.4 is 14.8 Å². The number of ether oxygens (including phenoxy) is 1. The molecule has 0 bridgehead atoms. The summed E-state index contributed by atoms with van der Waals surface area (Å²) >= 11 is 0. The van der Waals surface area contributed by atoms with Crippen LogP contribution in [0.15, 0.2) is 47.6 Å². The van der Waals surface area contributed by atoms with Crippen molar-refractivity contribution >= 4 is 21.6 Å². The molecule has 8 heteroatoms. The summed E-state index contributed by atoms with van der Waals surface area (Å²) < 4.78 is 32.5. The van der Waals surface area contributed by atoms with E-state index in [9.17, 15) is 13.2 Å². The molecular weight excluding hydrogens is 330 g/mol. The standard InChI is InChI=1S/C16H19N3O4S/c1-3-16(20)19-14-10-13(4-5-15(14)23-2)24(21,22)18-11-12-6-8-17-9-7-12/h4-10,18H,3,11H2,1-2H3,(H,19,20). The van der Waals surface area contributed by atoms with Crippen LogP contribution in [0.25, 0.3) is 0 Å². The molecule has 2 rings (SSSR count). The molecule has 128 valence electrons. The van der Waals surface area contributed by atoms with Gasteiger partial charge < -0.3 is 10.1 Å². The van der Waals surface area contributed by atoms with Crippen LogP contribution in [0.3, 0.4) is 0 Å². The van der Waals surface area contributed by atoms with Crippen LogP contribution in [0, 0.1) is 0 Å². The number of carbonyl (C=O) groups is 1. The molecule has 0 saturated heterocycles. The van der Waals surface area contributed by atoms with Crippen molar-refractivity contribution in [3.63, 3.8) is 0 Å². The molecule has 1 amide bonds. The van der Waals surface area contributed by atoms with Gasteiger partial charge in [0.15, 0.2) is 0 Å². The molecule has 1 aromatic heterocycles. The van der Waals surface area contributed by atoms with E-state index < -0.39 is 10.0 Å². The summed E-state index contributed by atoms with van der Waals surface area (Å²) in [6.07, 6.45) is 3.46. The molecule has 1 aromatic carbocycles. The van der Waals surface area contributed by atoms with Gasteiger partial charge in [-0.2, -0.15) is 0 Å². The van der Waals surface area contributed by atoms with Crippen LogP contribution in [0.5, 0.6) is 5.75 Å². The average molecular weight is 349 g/mol. The van der Waals surface area contributed by atoms with Crippen molar-refractivity contribution in [1.29, 1.82) is 0 Å². The molecule has 0 spiro atoms. The summed E-state index contributed by atoms with van der Waals surface area (Å²) in [6, 6.07) is 7.76. The van der Waals surface area contributed by atoms with E-state index in [4.69, 9.17) is 4.74 Å². The lowest BCUT2D eigenvalue weighted by Crippen LogP contribution is -2.23. The van der Waals surface area contributed by atoms with Crippen molar-refractivity contribution in [3.05, 3.63) is 48.3 Å². The first-order valence-corrected chi connectivity index (χ1v) is 8.81. The number of nitrogens with one attached hydrogen (secondary N) is 2. The largest absolute Gasteiger partial charge is 0.495 e. The monoisotopic (exact) mass is 349 g/mol. The van der Waals surface area contributed by atoms with Crippen molar-refractivity contribution in [1.82, 2.24) is 9.71 Å². The lowest BCUT2D eigenvalue weighted by Gasteiger charge is -2.12. The van der Waals surface area contributed by atoms with Gasteiger partial charge in [0.25, 0.3) is 0 Å². The lowest BCUT2D eigenvalue weighted by molar-refractivity contribution is -0.115. The summed E-state index contributed by atoms with van der Waals surface area (Å²) in [6.45, 7) is 1.85. The fraction of sp³-hybridized carbons (Fsp3) is 0.250. The van der Waals surface area contributed by atoms with E-state index in [-0.39, 0.29) is 23.8 Å². The lowest BCUT2D eigenvalue weighted by atomic mass is 10.3. The minimum Gasteiger partial charge on any atom is -0.495 e. The quantitative estimate of drug-likeness (QED) is 0.796. The van der Waals surface area contributed by atoms with E-state index in [2.05, 4.69) is 15.0 Å². The molecule has 1 heterocycles. The first-order chi connectivity index (χ1) is 11.5. The molecule has 0 aliphatic rings. The zero-order valence-electron chi connectivity index (χ0n) is 13.4. The first-order valence-electron chi connectivity index (χ1n) is 7.32. The first kappa shape index (κ1) is 17.9. The van der Waals surface area contributed by atoms with E-state index in [0.29, 0.717) is 11.4 Å². The van der Waals surface area contributed by atoms with Gasteiger partial charge >= 0.3 is 0 Å². The average Bonchev–Trinajstić information content (AvgIpc) is 2.60. The zero-order chi connectivity index (χ0) is 17.6. The number of benzene rings is 1. The molecule has 2 aromatic rings. The van der Waals surface area contributed by atoms with Crippen LogP contribution in [0.4, 0.5) is 5.69 Å². The zero-order valence-corrected chi connectivity index (χ0v) is 14.3. The van der Waals surface area contributed by atoms with Crippen LogP contribution in [0.2, 0.25) is 0 Å². The number of methoxy groups -OCH3 is 1. The van der Waals surface area contributed by atoms with Crippen molar-refractivity contribution in [2.45, 2.75) is 24.8 Å². The number of anilines is 1. The molecule has 24 heavy (non-hydrogen) atoms. The van der Waals surface area contributed by atoms with Gasteiger partial charge in [-0.05, 0) is 35.9 Å². The maximum Gasteiger partial charge on any atom is 0.240 e. The van der Waals surface area contributed by atoms with Gasteiger partial charge in [-0.15, -0.1) is 0 Å². The van der Waals surface area contributed by atoms with Gasteiger partial charge in [0.2, 0.25) is 15.9 Å². The Labute approximate surface area is 141 Å². The number of rotatable bonds is 7. The number of aromatic nitrogens is 1. The number of hydrogen-bond donors (Lipinski definition) is 2. The summed E-state index contributed by atoms with van der Waals surface area (Å²) in [7, 11) is -2.27. The summed E-state index contributed by atoms with van der Waals surface area (Å²) in [5, 5.41) is 2.63. The number of hydrogen-bond acceptors (Lipinski definition) is 5. The fourth-order valence-electron chi connectivity index (χ4n) is 1.95. The highest BCUT2D eigenvalue weighted by Gasteiger charge is 2.17. The fourth-order valence-corrected chi connectivity index (χ4v) is 3.00. The van der Waals surface area contributed by atoms with Gasteiger partial charge in [-0.1, -0.05) is 6.92 Å². The number of nitrogens with zero attached hydrogens (tertiary/aromatic N) is 1. The molecule has 0 unspecified atom stereocenters.